The van der Waals surface area contributed by atoms with Crippen molar-refractivity contribution in [2.45, 2.75) is 26.5 Å². The van der Waals surface area contributed by atoms with Gasteiger partial charge in [-0.15, -0.1) is 13.2 Å². The predicted octanol–water partition coefficient (Wildman–Crippen LogP) is 5.44. The summed E-state index contributed by atoms with van der Waals surface area (Å²) in [6.45, 7) is 4.18. The molecule has 11 heteroatoms. The lowest BCUT2D eigenvalue weighted by molar-refractivity contribution is -0.274. The van der Waals surface area contributed by atoms with Crippen molar-refractivity contribution in [3.8, 4) is 17.2 Å². The molecule has 1 heterocycles. The van der Waals surface area contributed by atoms with E-state index < -0.39 is 18.4 Å². The summed E-state index contributed by atoms with van der Waals surface area (Å²) in [4.78, 5) is 0. The Labute approximate surface area is 163 Å². The van der Waals surface area contributed by atoms with Crippen LogP contribution in [0.1, 0.15) is 25.7 Å². The molecule has 0 aliphatic heterocycles. The van der Waals surface area contributed by atoms with Crippen LogP contribution < -0.4 is 9.47 Å². The molecule has 0 aliphatic rings. The number of benzene rings is 1. The van der Waals surface area contributed by atoms with E-state index in [4.69, 9.17) is 14.2 Å². The molecule has 0 fully saturated rings. The van der Waals surface area contributed by atoms with E-state index in [1.165, 1.54) is 12.3 Å². The van der Waals surface area contributed by atoms with Crippen LogP contribution in [0.25, 0.3) is 0 Å². The maximum atomic E-state index is 12.6. The minimum atomic E-state index is -4.82. The van der Waals surface area contributed by atoms with Crippen LogP contribution in [0, 0.1) is 0 Å². The molecule has 0 amide bonds. The maximum absolute atomic E-state index is 12.6. The Morgan fingerprint density at radius 2 is 1.77 bits per heavy atom. The van der Waals surface area contributed by atoms with Gasteiger partial charge in [-0.1, -0.05) is 0 Å². The molecule has 1 aromatic carbocycles. The average molecular weight is 504 g/mol. The fourth-order valence-corrected chi connectivity index (χ4v) is 3.13. The number of ether oxygens (including phenoxy) is 4. The van der Waals surface area contributed by atoms with Gasteiger partial charge in [-0.05, 0) is 48.0 Å². The second-order valence-corrected chi connectivity index (χ2v) is 6.91. The molecule has 144 valence electrons. The highest BCUT2D eigenvalue weighted by Gasteiger charge is 2.32. The highest BCUT2D eigenvalue weighted by molar-refractivity contribution is 14.2. The first kappa shape index (κ1) is 21.2. The monoisotopic (exact) mass is 504 g/mol. The zero-order chi connectivity index (χ0) is 19.2. The Hall–Kier alpha value is -1.10. The van der Waals surface area contributed by atoms with E-state index in [2.05, 4.69) is 31.9 Å². The summed E-state index contributed by atoms with van der Waals surface area (Å²) >= 11 is 2.14. The fraction of sp³-hybridized carbons (Fsp3) is 0.400. The van der Waals surface area contributed by atoms with Crippen LogP contribution in [0.2, 0.25) is 0 Å². The normalized spacial score (nSPS) is 12.3. The first-order valence-corrected chi connectivity index (χ1v) is 11.6. The predicted molar refractivity (Wildman–Crippen MR) is 99.2 cm³/mol. The highest BCUT2D eigenvalue weighted by Crippen LogP contribution is 2.34. The molecule has 0 radical (unpaired) electrons. The first-order chi connectivity index (χ1) is 12.3. The molecule has 1 aromatic heterocycles. The lowest BCUT2D eigenvalue weighted by Gasteiger charge is -2.19. The van der Waals surface area contributed by atoms with Gasteiger partial charge in [0.2, 0.25) is 0 Å². The summed E-state index contributed by atoms with van der Waals surface area (Å²) in [5.74, 6) is 0.133. The number of alkyl halides is 3. The molecule has 2 rings (SSSR count). The molecule has 2 aromatic rings. The van der Waals surface area contributed by atoms with Gasteiger partial charge in [-0.2, -0.15) is 5.10 Å². The maximum Gasteiger partial charge on any atom is 0.573 e. The SMILES string of the molecule is CCOC(OCC)c1cc(Oc2cnn(PI)c2)cc(OC(F)(F)F)c1. The highest BCUT2D eigenvalue weighted by atomic mass is 127. The number of halogens is 4. The van der Waals surface area contributed by atoms with Gasteiger partial charge < -0.3 is 18.9 Å². The van der Waals surface area contributed by atoms with Crippen LogP contribution in [0.15, 0.2) is 30.6 Å². The third-order valence-electron chi connectivity index (χ3n) is 2.93. The molecule has 0 N–H and O–H groups in total. The largest absolute Gasteiger partial charge is 0.573 e. The van der Waals surface area contributed by atoms with Gasteiger partial charge >= 0.3 is 6.36 Å². The van der Waals surface area contributed by atoms with Crippen LogP contribution in [0.3, 0.4) is 0 Å². The van der Waals surface area contributed by atoms with E-state index in [1.54, 1.807) is 30.6 Å². The lowest BCUT2D eigenvalue weighted by Crippen LogP contribution is -2.17. The van der Waals surface area contributed by atoms with Crippen LogP contribution in [-0.4, -0.2) is 29.1 Å². The van der Waals surface area contributed by atoms with Gasteiger partial charge in [0.15, 0.2) is 12.0 Å². The Morgan fingerprint density at radius 1 is 1.12 bits per heavy atom. The lowest BCUT2D eigenvalue weighted by atomic mass is 10.2. The van der Waals surface area contributed by atoms with Gasteiger partial charge in [0.25, 0.3) is 0 Å². The number of hydrogen-bond acceptors (Lipinski definition) is 5. The van der Waals surface area contributed by atoms with E-state index in [-0.39, 0.29) is 5.75 Å². The van der Waals surface area contributed by atoms with Gasteiger partial charge in [0.1, 0.15) is 11.5 Å². The van der Waals surface area contributed by atoms with E-state index in [9.17, 15) is 13.2 Å². The van der Waals surface area contributed by atoms with Crippen molar-refractivity contribution in [1.29, 1.82) is 0 Å². The van der Waals surface area contributed by atoms with Crippen LogP contribution in [0.4, 0.5) is 13.2 Å². The molecule has 0 saturated heterocycles. The molecule has 6 nitrogen and oxygen atoms in total. The standard InChI is InChI=1S/C15H17F3IN2O4P/c1-3-22-14(23-4-2)10-5-11(7-12(6-10)25-15(16,17)18)24-13-8-20-21(9-13)26-19/h5-9,14,26H,3-4H2,1-2H3. The van der Waals surface area contributed by atoms with Gasteiger partial charge in [-0.25, -0.2) is 4.45 Å². The summed E-state index contributed by atoms with van der Waals surface area (Å²) in [6, 6.07) is 3.91. The van der Waals surface area contributed by atoms with Gasteiger partial charge in [0, 0.05) is 24.8 Å². The number of aromatic nitrogens is 2. The summed E-state index contributed by atoms with van der Waals surface area (Å²) in [6.07, 6.45) is -2.16. The summed E-state index contributed by atoms with van der Waals surface area (Å²) in [5, 5.41) is 4.06. The average Bonchev–Trinajstić information content (AvgIpc) is 3.00. The molecule has 0 saturated carbocycles. The van der Waals surface area contributed by atoms with Gasteiger partial charge in [-0.3, -0.25) is 0 Å². The number of nitrogens with zero attached hydrogens (tertiary/aromatic N) is 2. The van der Waals surface area contributed by atoms with Crippen molar-refractivity contribution >= 4 is 28.4 Å². The Balaban J connectivity index is 2.35. The van der Waals surface area contributed by atoms with Crippen molar-refractivity contribution < 1.29 is 32.1 Å². The van der Waals surface area contributed by atoms with Crippen molar-refractivity contribution in [2.75, 3.05) is 13.2 Å². The third-order valence-corrected chi connectivity index (χ3v) is 4.83. The minimum Gasteiger partial charge on any atom is -0.454 e. The van der Waals surface area contributed by atoms with E-state index >= 15 is 0 Å². The second kappa shape index (κ2) is 9.72. The molecular weight excluding hydrogens is 487 g/mol. The zero-order valence-electron chi connectivity index (χ0n) is 13.9. The summed E-state index contributed by atoms with van der Waals surface area (Å²) in [5.41, 5.74) is 0.355. The van der Waals surface area contributed by atoms with E-state index in [0.717, 1.165) is 6.07 Å². The Kier molecular flexibility index (Phi) is 7.93. The van der Waals surface area contributed by atoms with Crippen LogP contribution >= 0.6 is 28.4 Å². The molecule has 0 aliphatic carbocycles. The van der Waals surface area contributed by atoms with Crippen molar-refractivity contribution in [2.24, 2.45) is 0 Å². The van der Waals surface area contributed by atoms with Crippen LogP contribution in [-0.2, 0) is 9.47 Å². The van der Waals surface area contributed by atoms with Crippen LogP contribution in [0.5, 0.6) is 17.2 Å². The molecule has 0 spiro atoms. The number of hydrogen-bond donors (Lipinski definition) is 0. The van der Waals surface area contributed by atoms with Gasteiger partial charge in [0.05, 0.1) is 18.8 Å². The second-order valence-electron chi connectivity index (χ2n) is 4.84. The molecular formula is C15H17F3IN2O4P. The smallest absolute Gasteiger partial charge is 0.454 e. The molecule has 1 unspecified atom stereocenters. The van der Waals surface area contributed by atoms with Crippen molar-refractivity contribution in [1.82, 2.24) is 9.55 Å². The quantitative estimate of drug-likeness (QED) is 0.259. The van der Waals surface area contributed by atoms with E-state index in [1.807, 2.05) is 0 Å². The van der Waals surface area contributed by atoms with E-state index in [0.29, 0.717) is 30.9 Å². The summed E-state index contributed by atoms with van der Waals surface area (Å²) < 4.78 is 60.1. The molecule has 1 atom stereocenters. The Bertz CT molecular complexity index is 708. The summed E-state index contributed by atoms with van der Waals surface area (Å²) in [7, 11) is 0. The fourth-order valence-electron chi connectivity index (χ4n) is 2.07. The Morgan fingerprint density at radius 3 is 2.31 bits per heavy atom. The first-order valence-electron chi connectivity index (χ1n) is 7.57. The molecule has 26 heavy (non-hydrogen) atoms. The number of rotatable bonds is 9. The zero-order valence-corrected chi connectivity index (χ0v) is 17.1. The topological polar surface area (TPSA) is 54.7 Å². The molecule has 0 bridgehead atoms. The van der Waals surface area contributed by atoms with Crippen molar-refractivity contribution in [3.05, 3.63) is 36.2 Å². The third kappa shape index (κ3) is 6.57. The van der Waals surface area contributed by atoms with Crippen molar-refractivity contribution in [3.63, 3.8) is 0 Å². The minimum absolute atomic E-state index is 0.155.